The lowest BCUT2D eigenvalue weighted by Gasteiger charge is -2.13. The van der Waals surface area contributed by atoms with Crippen LogP contribution in [0.3, 0.4) is 0 Å². The fourth-order valence-electron chi connectivity index (χ4n) is 2.39. The van der Waals surface area contributed by atoms with E-state index >= 15 is 0 Å². The minimum Gasteiger partial charge on any atom is -0.488 e. The fourth-order valence-corrected chi connectivity index (χ4v) is 2.94. The molecular weight excluding hydrogens is 349 g/mol. The second-order valence-corrected chi connectivity index (χ2v) is 6.19. The van der Waals surface area contributed by atoms with Crippen molar-refractivity contribution in [1.29, 1.82) is 0 Å². The van der Waals surface area contributed by atoms with Gasteiger partial charge in [0, 0.05) is 15.7 Å². The molecule has 98 valence electrons. The first kappa shape index (κ1) is 12.8. The number of hydrogen-bond donors (Lipinski definition) is 1. The van der Waals surface area contributed by atoms with Gasteiger partial charge in [-0.2, -0.15) is 0 Å². The summed E-state index contributed by atoms with van der Waals surface area (Å²) in [4.78, 5) is 0. The molecule has 3 heteroatoms. The predicted molar refractivity (Wildman–Crippen MR) is 86.9 cm³/mol. The van der Waals surface area contributed by atoms with Crippen LogP contribution in [0.4, 0.5) is 5.69 Å². The minimum atomic E-state index is 0.231. The molecule has 0 radical (unpaired) electrons. The molecule has 0 bridgehead atoms. The van der Waals surface area contributed by atoms with E-state index in [9.17, 15) is 0 Å². The summed E-state index contributed by atoms with van der Waals surface area (Å²) in [5.41, 5.74) is 3.78. The highest BCUT2D eigenvalue weighted by Gasteiger charge is 2.22. The second kappa shape index (κ2) is 5.41. The first-order chi connectivity index (χ1) is 9.20. The molecule has 2 nitrogen and oxygen atoms in total. The van der Waals surface area contributed by atoms with E-state index in [-0.39, 0.29) is 6.10 Å². The summed E-state index contributed by atoms with van der Waals surface area (Å²) >= 11 is 2.33. The van der Waals surface area contributed by atoms with Gasteiger partial charge >= 0.3 is 0 Å². The zero-order valence-corrected chi connectivity index (χ0v) is 13.0. The molecule has 2 aromatic carbocycles. The number of anilines is 1. The third kappa shape index (κ3) is 3.03. The molecule has 0 aliphatic carbocycles. The Hall–Kier alpha value is -1.23. The van der Waals surface area contributed by atoms with Gasteiger partial charge < -0.3 is 10.1 Å². The van der Waals surface area contributed by atoms with Crippen LogP contribution in [0.15, 0.2) is 42.5 Å². The number of aryl methyl sites for hydroxylation is 1. The molecular formula is C16H16INO. The third-order valence-electron chi connectivity index (χ3n) is 3.32. The molecule has 1 aliphatic heterocycles. The van der Waals surface area contributed by atoms with Gasteiger partial charge in [-0.3, -0.25) is 0 Å². The van der Waals surface area contributed by atoms with Crippen molar-refractivity contribution in [2.45, 2.75) is 19.4 Å². The van der Waals surface area contributed by atoms with E-state index in [1.54, 1.807) is 0 Å². The van der Waals surface area contributed by atoms with E-state index in [4.69, 9.17) is 4.74 Å². The summed E-state index contributed by atoms with van der Waals surface area (Å²) in [5, 5.41) is 3.45. The SMILES string of the molecule is Cc1ccc2c(c1)CC(CNc1cccc(I)c1)O2. The zero-order chi connectivity index (χ0) is 13.2. The average Bonchev–Trinajstić information content (AvgIpc) is 2.78. The van der Waals surface area contributed by atoms with Crippen molar-refractivity contribution in [3.63, 3.8) is 0 Å². The normalized spacial score (nSPS) is 16.8. The van der Waals surface area contributed by atoms with Crippen LogP contribution < -0.4 is 10.1 Å². The molecule has 0 amide bonds. The highest BCUT2D eigenvalue weighted by molar-refractivity contribution is 14.1. The van der Waals surface area contributed by atoms with Crippen molar-refractivity contribution < 1.29 is 4.74 Å². The minimum absolute atomic E-state index is 0.231. The Balaban J connectivity index is 1.62. The van der Waals surface area contributed by atoms with Crippen molar-refractivity contribution in [1.82, 2.24) is 0 Å². The molecule has 0 spiro atoms. The summed E-state index contributed by atoms with van der Waals surface area (Å²) in [6.45, 7) is 2.96. The first-order valence-electron chi connectivity index (χ1n) is 6.46. The van der Waals surface area contributed by atoms with E-state index in [2.05, 4.69) is 77.3 Å². The lowest BCUT2D eigenvalue weighted by Crippen LogP contribution is -2.23. The van der Waals surface area contributed by atoms with E-state index in [0.29, 0.717) is 0 Å². The lowest BCUT2D eigenvalue weighted by atomic mass is 10.1. The van der Waals surface area contributed by atoms with Gasteiger partial charge in [0.15, 0.2) is 0 Å². The topological polar surface area (TPSA) is 21.3 Å². The van der Waals surface area contributed by atoms with Gasteiger partial charge in [0.25, 0.3) is 0 Å². The van der Waals surface area contributed by atoms with Gasteiger partial charge in [-0.1, -0.05) is 23.8 Å². The van der Waals surface area contributed by atoms with Gasteiger partial charge in [0.05, 0.1) is 6.54 Å². The van der Waals surface area contributed by atoms with Crippen LogP contribution in [0.2, 0.25) is 0 Å². The van der Waals surface area contributed by atoms with Gasteiger partial charge in [0.2, 0.25) is 0 Å². The molecule has 0 aromatic heterocycles. The Morgan fingerprint density at radius 3 is 3.00 bits per heavy atom. The van der Waals surface area contributed by atoms with Crippen molar-refractivity contribution in [2.75, 3.05) is 11.9 Å². The zero-order valence-electron chi connectivity index (χ0n) is 10.8. The first-order valence-corrected chi connectivity index (χ1v) is 7.54. The Morgan fingerprint density at radius 2 is 2.16 bits per heavy atom. The largest absolute Gasteiger partial charge is 0.488 e. The van der Waals surface area contributed by atoms with Gasteiger partial charge in [-0.15, -0.1) is 0 Å². The van der Waals surface area contributed by atoms with Crippen LogP contribution in [-0.4, -0.2) is 12.6 Å². The molecule has 0 fully saturated rings. The maximum atomic E-state index is 5.95. The maximum absolute atomic E-state index is 5.95. The Bertz CT molecular complexity index is 597. The summed E-state index contributed by atoms with van der Waals surface area (Å²) in [6.07, 6.45) is 1.23. The number of hydrogen-bond acceptors (Lipinski definition) is 2. The maximum Gasteiger partial charge on any atom is 0.123 e. The molecule has 0 saturated heterocycles. The van der Waals surface area contributed by atoms with E-state index in [1.165, 1.54) is 14.7 Å². The van der Waals surface area contributed by atoms with Crippen LogP contribution in [0.5, 0.6) is 5.75 Å². The van der Waals surface area contributed by atoms with Crippen molar-refractivity contribution >= 4 is 28.3 Å². The molecule has 2 aromatic rings. The predicted octanol–water partition coefficient (Wildman–Crippen LogP) is 4.02. The van der Waals surface area contributed by atoms with E-state index in [0.717, 1.165) is 24.4 Å². The quantitative estimate of drug-likeness (QED) is 0.830. The van der Waals surface area contributed by atoms with Gasteiger partial charge in [-0.25, -0.2) is 0 Å². The van der Waals surface area contributed by atoms with Crippen LogP contribution in [0.1, 0.15) is 11.1 Å². The van der Waals surface area contributed by atoms with Crippen LogP contribution >= 0.6 is 22.6 Å². The standard InChI is InChI=1S/C16H16INO/c1-11-5-6-16-12(7-11)8-15(19-16)10-18-14-4-2-3-13(17)9-14/h2-7,9,15,18H,8,10H2,1H3. The molecule has 1 atom stereocenters. The molecule has 3 rings (SSSR count). The highest BCUT2D eigenvalue weighted by Crippen LogP contribution is 2.29. The Kier molecular flexibility index (Phi) is 3.64. The number of nitrogens with one attached hydrogen (secondary N) is 1. The number of benzene rings is 2. The van der Waals surface area contributed by atoms with Crippen LogP contribution in [0, 0.1) is 10.5 Å². The highest BCUT2D eigenvalue weighted by atomic mass is 127. The monoisotopic (exact) mass is 365 g/mol. The Morgan fingerprint density at radius 1 is 1.26 bits per heavy atom. The van der Waals surface area contributed by atoms with Crippen molar-refractivity contribution in [3.8, 4) is 5.75 Å². The smallest absolute Gasteiger partial charge is 0.123 e. The van der Waals surface area contributed by atoms with Crippen LogP contribution in [0.25, 0.3) is 0 Å². The molecule has 1 unspecified atom stereocenters. The number of ether oxygens (including phenoxy) is 1. The molecule has 19 heavy (non-hydrogen) atoms. The van der Waals surface area contributed by atoms with Crippen molar-refractivity contribution in [2.24, 2.45) is 0 Å². The lowest BCUT2D eigenvalue weighted by molar-refractivity contribution is 0.246. The fraction of sp³-hybridized carbons (Fsp3) is 0.250. The Labute approximate surface area is 127 Å². The second-order valence-electron chi connectivity index (χ2n) is 4.95. The van der Waals surface area contributed by atoms with E-state index in [1.807, 2.05) is 0 Å². The summed E-state index contributed by atoms with van der Waals surface area (Å²) in [7, 11) is 0. The molecule has 1 aliphatic rings. The summed E-state index contributed by atoms with van der Waals surface area (Å²) in [5.74, 6) is 1.04. The molecule has 0 saturated carbocycles. The molecule has 1 N–H and O–H groups in total. The van der Waals surface area contributed by atoms with Crippen LogP contribution in [-0.2, 0) is 6.42 Å². The summed E-state index contributed by atoms with van der Waals surface area (Å²) in [6, 6.07) is 14.8. The third-order valence-corrected chi connectivity index (χ3v) is 3.99. The van der Waals surface area contributed by atoms with Crippen molar-refractivity contribution in [3.05, 3.63) is 57.2 Å². The molecule has 1 heterocycles. The van der Waals surface area contributed by atoms with Gasteiger partial charge in [-0.05, 0) is 59.3 Å². The number of fused-ring (bicyclic) bond motifs is 1. The number of halogens is 1. The van der Waals surface area contributed by atoms with E-state index < -0.39 is 0 Å². The number of rotatable bonds is 3. The van der Waals surface area contributed by atoms with Gasteiger partial charge in [0.1, 0.15) is 11.9 Å². The summed E-state index contributed by atoms with van der Waals surface area (Å²) < 4.78 is 7.19. The average molecular weight is 365 g/mol.